The molecular formula is C24H22N4O3. The normalized spacial score (nSPS) is 10.5. The fraction of sp³-hybridized carbons (Fsp3) is 0.0833. The lowest BCUT2D eigenvalue weighted by atomic mass is 10.1. The molecule has 0 atom stereocenters. The van der Waals surface area contributed by atoms with E-state index >= 15 is 0 Å². The average Bonchev–Trinajstić information content (AvgIpc) is 2.79. The molecule has 0 amide bonds. The Kier molecular flexibility index (Phi) is 5.84. The number of nitrogen functional groups attached to an aromatic ring is 2. The van der Waals surface area contributed by atoms with Gasteiger partial charge in [-0.3, -0.25) is 0 Å². The van der Waals surface area contributed by atoms with Gasteiger partial charge in [-0.15, -0.1) is 0 Å². The molecule has 0 radical (unpaired) electrons. The molecule has 0 saturated carbocycles. The fourth-order valence-electron chi connectivity index (χ4n) is 3.03. The highest BCUT2D eigenvalue weighted by Crippen LogP contribution is 2.36. The minimum Gasteiger partial charge on any atom is -0.497 e. The van der Waals surface area contributed by atoms with Crippen molar-refractivity contribution in [2.75, 3.05) is 18.6 Å². The van der Waals surface area contributed by atoms with Crippen LogP contribution in [0.4, 0.5) is 11.5 Å². The number of benzene rings is 3. The third-order valence-electron chi connectivity index (χ3n) is 4.62. The summed E-state index contributed by atoms with van der Waals surface area (Å²) in [5.74, 6) is 2.78. The summed E-state index contributed by atoms with van der Waals surface area (Å²) in [4.78, 5) is 8.37. The molecule has 4 N–H and O–H groups in total. The summed E-state index contributed by atoms with van der Waals surface area (Å²) in [6.45, 7) is 0.448. The van der Waals surface area contributed by atoms with E-state index in [9.17, 15) is 0 Å². The molecule has 7 heteroatoms. The summed E-state index contributed by atoms with van der Waals surface area (Å²) in [5.41, 5.74) is 15.0. The summed E-state index contributed by atoms with van der Waals surface area (Å²) in [5, 5.41) is 0. The lowest BCUT2D eigenvalue weighted by molar-refractivity contribution is 0.306. The summed E-state index contributed by atoms with van der Waals surface area (Å²) >= 11 is 0. The van der Waals surface area contributed by atoms with Crippen LogP contribution in [0.1, 0.15) is 5.56 Å². The Hall–Kier alpha value is -4.26. The Labute approximate surface area is 180 Å². The molecule has 4 rings (SSSR count). The zero-order chi connectivity index (χ0) is 21.6. The van der Waals surface area contributed by atoms with Gasteiger partial charge in [-0.25, -0.2) is 9.97 Å². The molecule has 7 nitrogen and oxygen atoms in total. The van der Waals surface area contributed by atoms with Gasteiger partial charge in [-0.2, -0.15) is 0 Å². The topological polar surface area (TPSA) is 106 Å². The van der Waals surface area contributed by atoms with E-state index in [0.717, 1.165) is 22.6 Å². The average molecular weight is 414 g/mol. The van der Waals surface area contributed by atoms with Crippen LogP contribution < -0.4 is 25.7 Å². The minimum atomic E-state index is 0.320. The zero-order valence-corrected chi connectivity index (χ0v) is 17.0. The van der Waals surface area contributed by atoms with Crippen LogP contribution in [0.15, 0.2) is 79.1 Å². The molecule has 0 fully saturated rings. The van der Waals surface area contributed by atoms with Gasteiger partial charge in [0.05, 0.1) is 12.7 Å². The predicted molar refractivity (Wildman–Crippen MR) is 120 cm³/mol. The number of hydrogen-bond acceptors (Lipinski definition) is 7. The molecular weight excluding hydrogens is 392 g/mol. The van der Waals surface area contributed by atoms with Gasteiger partial charge in [0.25, 0.3) is 0 Å². The molecule has 0 aliphatic rings. The van der Waals surface area contributed by atoms with Crippen molar-refractivity contribution < 1.29 is 14.2 Å². The maximum atomic E-state index is 6.14. The van der Waals surface area contributed by atoms with Crippen molar-refractivity contribution in [2.45, 2.75) is 6.61 Å². The lowest BCUT2D eigenvalue weighted by Crippen LogP contribution is -2.00. The largest absolute Gasteiger partial charge is 0.497 e. The van der Waals surface area contributed by atoms with Crippen molar-refractivity contribution in [3.05, 3.63) is 84.7 Å². The molecule has 0 bridgehead atoms. The van der Waals surface area contributed by atoms with E-state index < -0.39 is 0 Å². The van der Waals surface area contributed by atoms with Crippen molar-refractivity contribution >= 4 is 11.5 Å². The van der Waals surface area contributed by atoms with E-state index in [1.807, 2.05) is 54.6 Å². The van der Waals surface area contributed by atoms with Gasteiger partial charge in [0, 0.05) is 11.8 Å². The van der Waals surface area contributed by atoms with E-state index in [1.54, 1.807) is 25.3 Å². The van der Waals surface area contributed by atoms with Gasteiger partial charge >= 0.3 is 0 Å². The smallest absolute Gasteiger partial charge is 0.232 e. The standard InChI is InChI=1S/C24H22N4O3/c1-29-19-9-5-16(6-10-19)14-30-20-11-7-17(8-12-20)22-23(26)27-15-28-24(22)31-21-4-2-3-18(25)13-21/h2-13,15H,14,25H2,1H3,(H2,26,27,28). The van der Waals surface area contributed by atoms with Gasteiger partial charge in [0.2, 0.25) is 5.88 Å². The van der Waals surface area contributed by atoms with Gasteiger partial charge < -0.3 is 25.7 Å². The van der Waals surface area contributed by atoms with Crippen LogP contribution in [-0.2, 0) is 6.61 Å². The molecule has 1 aromatic heterocycles. The monoisotopic (exact) mass is 414 g/mol. The third kappa shape index (κ3) is 4.84. The Bertz CT molecular complexity index is 1160. The van der Waals surface area contributed by atoms with Crippen molar-refractivity contribution in [3.63, 3.8) is 0 Å². The van der Waals surface area contributed by atoms with Crippen LogP contribution in [0.2, 0.25) is 0 Å². The Morgan fingerprint density at radius 2 is 1.55 bits per heavy atom. The SMILES string of the molecule is COc1ccc(COc2ccc(-c3c(N)ncnc3Oc3cccc(N)c3)cc2)cc1. The first-order valence-corrected chi connectivity index (χ1v) is 9.62. The Balaban J connectivity index is 1.51. The van der Waals surface area contributed by atoms with E-state index in [-0.39, 0.29) is 0 Å². The van der Waals surface area contributed by atoms with Crippen molar-refractivity contribution in [3.8, 4) is 34.3 Å². The number of rotatable bonds is 7. The second kappa shape index (κ2) is 9.04. The number of nitrogens with zero attached hydrogens (tertiary/aromatic N) is 2. The van der Waals surface area contributed by atoms with Crippen molar-refractivity contribution in [1.29, 1.82) is 0 Å². The van der Waals surface area contributed by atoms with E-state index in [1.165, 1.54) is 6.33 Å². The first-order valence-electron chi connectivity index (χ1n) is 9.62. The highest BCUT2D eigenvalue weighted by atomic mass is 16.5. The summed E-state index contributed by atoms with van der Waals surface area (Å²) in [6.07, 6.45) is 1.37. The number of aromatic nitrogens is 2. The van der Waals surface area contributed by atoms with E-state index in [2.05, 4.69) is 9.97 Å². The fourth-order valence-corrected chi connectivity index (χ4v) is 3.03. The molecule has 0 saturated heterocycles. The lowest BCUT2D eigenvalue weighted by Gasteiger charge is -2.13. The third-order valence-corrected chi connectivity index (χ3v) is 4.62. The number of anilines is 2. The number of nitrogens with two attached hydrogens (primary N) is 2. The number of ether oxygens (including phenoxy) is 3. The van der Waals surface area contributed by atoms with Crippen molar-refractivity contribution in [2.24, 2.45) is 0 Å². The molecule has 0 unspecified atom stereocenters. The predicted octanol–water partition coefficient (Wildman–Crippen LogP) is 4.69. The second-order valence-electron chi connectivity index (χ2n) is 6.77. The number of methoxy groups -OCH3 is 1. The van der Waals surface area contributed by atoms with Crippen LogP contribution >= 0.6 is 0 Å². The van der Waals surface area contributed by atoms with Crippen LogP contribution in [0.25, 0.3) is 11.1 Å². The van der Waals surface area contributed by atoms with Crippen LogP contribution in [0, 0.1) is 0 Å². The van der Waals surface area contributed by atoms with Gasteiger partial charge in [0.15, 0.2) is 0 Å². The maximum absolute atomic E-state index is 6.14. The van der Waals surface area contributed by atoms with Gasteiger partial charge in [-0.05, 0) is 47.5 Å². The second-order valence-corrected chi connectivity index (χ2v) is 6.77. The Morgan fingerprint density at radius 3 is 2.26 bits per heavy atom. The molecule has 0 aliphatic heterocycles. The summed E-state index contributed by atoms with van der Waals surface area (Å²) in [7, 11) is 1.64. The number of hydrogen-bond donors (Lipinski definition) is 2. The zero-order valence-electron chi connectivity index (χ0n) is 17.0. The molecule has 0 aliphatic carbocycles. The Morgan fingerprint density at radius 1 is 0.806 bits per heavy atom. The van der Waals surface area contributed by atoms with Crippen molar-refractivity contribution in [1.82, 2.24) is 9.97 Å². The summed E-state index contributed by atoms with van der Waals surface area (Å²) in [6, 6.07) is 22.4. The minimum absolute atomic E-state index is 0.320. The van der Waals surface area contributed by atoms with E-state index in [4.69, 9.17) is 25.7 Å². The molecule has 3 aromatic carbocycles. The first-order chi connectivity index (χ1) is 15.1. The van der Waals surface area contributed by atoms with E-state index in [0.29, 0.717) is 35.3 Å². The highest BCUT2D eigenvalue weighted by Gasteiger charge is 2.14. The first kappa shape index (κ1) is 20.0. The van der Waals surface area contributed by atoms with Gasteiger partial charge in [0.1, 0.15) is 36.0 Å². The molecule has 156 valence electrons. The van der Waals surface area contributed by atoms with Crippen LogP contribution in [0.3, 0.4) is 0 Å². The highest BCUT2D eigenvalue weighted by molar-refractivity contribution is 5.78. The molecule has 1 heterocycles. The maximum Gasteiger partial charge on any atom is 0.232 e. The quantitative estimate of drug-likeness (QED) is 0.423. The van der Waals surface area contributed by atoms with Crippen LogP contribution in [-0.4, -0.2) is 17.1 Å². The van der Waals surface area contributed by atoms with Gasteiger partial charge in [-0.1, -0.05) is 30.3 Å². The summed E-state index contributed by atoms with van der Waals surface area (Å²) < 4.78 is 17.0. The van der Waals surface area contributed by atoms with Crippen LogP contribution in [0.5, 0.6) is 23.1 Å². The molecule has 0 spiro atoms. The molecule has 31 heavy (non-hydrogen) atoms. The molecule has 4 aromatic rings.